The van der Waals surface area contributed by atoms with E-state index in [0.717, 1.165) is 31.6 Å². The van der Waals surface area contributed by atoms with E-state index in [-0.39, 0.29) is 0 Å². The van der Waals surface area contributed by atoms with Crippen LogP contribution in [0.4, 0.5) is 0 Å². The molecule has 0 radical (unpaired) electrons. The van der Waals surface area contributed by atoms with Gasteiger partial charge in [0.05, 0.1) is 6.26 Å². The molecule has 3 nitrogen and oxygen atoms in total. The molecule has 2 unspecified atom stereocenters. The smallest absolute Gasteiger partial charge is 0.136 e. The Balaban J connectivity index is 1.64. The van der Waals surface area contributed by atoms with Gasteiger partial charge in [0.15, 0.2) is 0 Å². The third-order valence-corrected chi connectivity index (χ3v) is 4.14. The first kappa shape index (κ1) is 11.0. The fourth-order valence-corrected chi connectivity index (χ4v) is 3.33. The monoisotopic (exact) mass is 233 g/mol. The second kappa shape index (κ2) is 4.65. The zero-order chi connectivity index (χ0) is 11.7. The van der Waals surface area contributed by atoms with Crippen LogP contribution in [0.1, 0.15) is 37.9 Å². The molecule has 2 atom stereocenters. The summed E-state index contributed by atoms with van der Waals surface area (Å²) in [6.07, 6.45) is 7.92. The number of piperidine rings is 2. The number of furan rings is 1. The maximum Gasteiger partial charge on any atom is 0.136 e. The van der Waals surface area contributed by atoms with Gasteiger partial charge in [-0.1, -0.05) is 6.42 Å². The van der Waals surface area contributed by atoms with Gasteiger partial charge in [0.1, 0.15) is 11.5 Å². The van der Waals surface area contributed by atoms with Crippen LogP contribution >= 0.6 is 0 Å². The molecular formula is C14H19NO2. The minimum atomic E-state index is 0.467. The molecule has 3 heteroatoms. The van der Waals surface area contributed by atoms with Crippen LogP contribution in [0.3, 0.4) is 0 Å². The molecule has 0 N–H and O–H groups in total. The standard InChI is InChI=1S/C14H19NO2/c16-13-9-11-3-1-4-12(10-13)15(11)7-6-14-5-2-8-17-14/h2,5,8,11-12H,1,3-4,6-7,9-10H2. The van der Waals surface area contributed by atoms with Gasteiger partial charge in [-0.05, 0) is 25.0 Å². The summed E-state index contributed by atoms with van der Waals surface area (Å²) in [4.78, 5) is 14.2. The lowest BCUT2D eigenvalue weighted by molar-refractivity contribution is -0.127. The second-order valence-corrected chi connectivity index (χ2v) is 5.25. The Labute approximate surface area is 102 Å². The molecule has 2 bridgehead atoms. The summed E-state index contributed by atoms with van der Waals surface area (Å²) < 4.78 is 5.37. The maximum absolute atomic E-state index is 11.6. The molecule has 0 saturated carbocycles. The van der Waals surface area contributed by atoms with Gasteiger partial charge in [0.25, 0.3) is 0 Å². The van der Waals surface area contributed by atoms with Crippen molar-refractivity contribution in [2.24, 2.45) is 0 Å². The zero-order valence-electron chi connectivity index (χ0n) is 10.1. The van der Waals surface area contributed by atoms with Crippen molar-refractivity contribution in [2.75, 3.05) is 6.54 Å². The second-order valence-electron chi connectivity index (χ2n) is 5.25. The van der Waals surface area contributed by atoms with E-state index < -0.39 is 0 Å². The molecule has 2 fully saturated rings. The van der Waals surface area contributed by atoms with Crippen LogP contribution in [0.5, 0.6) is 0 Å². The summed E-state index contributed by atoms with van der Waals surface area (Å²) in [7, 11) is 0. The Bertz CT molecular complexity index is 369. The number of Topliss-reactive ketones (excluding diaryl/α,β-unsaturated/α-hetero) is 1. The van der Waals surface area contributed by atoms with Gasteiger partial charge in [-0.15, -0.1) is 0 Å². The highest BCUT2D eigenvalue weighted by Crippen LogP contribution is 2.32. The Kier molecular flexibility index (Phi) is 3.02. The quantitative estimate of drug-likeness (QED) is 0.804. The van der Waals surface area contributed by atoms with Gasteiger partial charge in [-0.25, -0.2) is 0 Å². The summed E-state index contributed by atoms with van der Waals surface area (Å²) in [6, 6.07) is 4.98. The largest absolute Gasteiger partial charge is 0.469 e. The number of hydrogen-bond donors (Lipinski definition) is 0. The zero-order valence-corrected chi connectivity index (χ0v) is 10.1. The lowest BCUT2D eigenvalue weighted by Crippen LogP contribution is -2.52. The van der Waals surface area contributed by atoms with Crippen LogP contribution in [0.25, 0.3) is 0 Å². The van der Waals surface area contributed by atoms with E-state index in [1.54, 1.807) is 6.26 Å². The lowest BCUT2D eigenvalue weighted by Gasteiger charge is -2.45. The number of ketones is 1. The van der Waals surface area contributed by atoms with Crippen LogP contribution in [-0.4, -0.2) is 29.3 Å². The van der Waals surface area contributed by atoms with Gasteiger partial charge in [0.2, 0.25) is 0 Å². The highest BCUT2D eigenvalue weighted by molar-refractivity contribution is 5.80. The number of nitrogens with zero attached hydrogens (tertiary/aromatic N) is 1. The van der Waals surface area contributed by atoms with E-state index in [1.807, 2.05) is 12.1 Å². The molecule has 2 aliphatic rings. The van der Waals surface area contributed by atoms with Crippen molar-refractivity contribution in [1.82, 2.24) is 4.90 Å². The van der Waals surface area contributed by atoms with Gasteiger partial charge in [-0.3, -0.25) is 9.69 Å². The Morgan fingerprint density at radius 3 is 2.71 bits per heavy atom. The summed E-state index contributed by atoms with van der Waals surface area (Å²) in [5.74, 6) is 1.52. The molecule has 0 amide bonds. The molecule has 3 heterocycles. The van der Waals surface area contributed by atoms with Crippen molar-refractivity contribution in [3.8, 4) is 0 Å². The predicted molar refractivity (Wildman–Crippen MR) is 64.8 cm³/mol. The molecule has 1 aromatic heterocycles. The Morgan fingerprint density at radius 2 is 2.06 bits per heavy atom. The average molecular weight is 233 g/mol. The minimum absolute atomic E-state index is 0.467. The van der Waals surface area contributed by atoms with Crippen LogP contribution in [0.2, 0.25) is 0 Å². The molecule has 17 heavy (non-hydrogen) atoms. The highest BCUT2D eigenvalue weighted by atomic mass is 16.3. The van der Waals surface area contributed by atoms with E-state index in [9.17, 15) is 4.79 Å². The maximum atomic E-state index is 11.6. The van der Waals surface area contributed by atoms with Gasteiger partial charge >= 0.3 is 0 Å². The molecule has 0 spiro atoms. The fraction of sp³-hybridized carbons (Fsp3) is 0.643. The van der Waals surface area contributed by atoms with Crippen molar-refractivity contribution in [3.05, 3.63) is 24.2 Å². The van der Waals surface area contributed by atoms with E-state index >= 15 is 0 Å². The number of hydrogen-bond acceptors (Lipinski definition) is 3. The fourth-order valence-electron chi connectivity index (χ4n) is 3.33. The van der Waals surface area contributed by atoms with Crippen molar-refractivity contribution < 1.29 is 9.21 Å². The molecule has 1 aromatic rings. The SMILES string of the molecule is O=C1CC2CCCC(C1)N2CCc1ccco1. The first-order valence-corrected chi connectivity index (χ1v) is 6.63. The third kappa shape index (κ3) is 2.29. The van der Waals surface area contributed by atoms with Crippen LogP contribution in [-0.2, 0) is 11.2 Å². The van der Waals surface area contributed by atoms with E-state index in [2.05, 4.69) is 4.90 Å². The third-order valence-electron chi connectivity index (χ3n) is 4.14. The number of carbonyl (C=O) groups excluding carboxylic acids is 1. The van der Waals surface area contributed by atoms with E-state index in [1.165, 1.54) is 19.3 Å². The number of rotatable bonds is 3. The van der Waals surface area contributed by atoms with E-state index in [0.29, 0.717) is 17.9 Å². The van der Waals surface area contributed by atoms with Crippen molar-refractivity contribution in [1.29, 1.82) is 0 Å². The van der Waals surface area contributed by atoms with E-state index in [4.69, 9.17) is 4.42 Å². The van der Waals surface area contributed by atoms with Crippen molar-refractivity contribution in [3.63, 3.8) is 0 Å². The molecule has 3 rings (SSSR count). The van der Waals surface area contributed by atoms with Gasteiger partial charge < -0.3 is 4.42 Å². The molecule has 2 aliphatic heterocycles. The number of fused-ring (bicyclic) bond motifs is 2. The first-order chi connectivity index (χ1) is 8.33. The normalized spacial score (nSPS) is 29.5. The van der Waals surface area contributed by atoms with Crippen LogP contribution in [0.15, 0.2) is 22.8 Å². The Morgan fingerprint density at radius 1 is 1.29 bits per heavy atom. The number of carbonyl (C=O) groups is 1. The highest BCUT2D eigenvalue weighted by Gasteiger charge is 2.36. The van der Waals surface area contributed by atoms with Gasteiger partial charge in [0, 0.05) is 37.9 Å². The minimum Gasteiger partial charge on any atom is -0.469 e. The van der Waals surface area contributed by atoms with Crippen molar-refractivity contribution in [2.45, 2.75) is 50.6 Å². The van der Waals surface area contributed by atoms with Crippen molar-refractivity contribution >= 4 is 5.78 Å². The van der Waals surface area contributed by atoms with Crippen LogP contribution in [0, 0.1) is 0 Å². The summed E-state index contributed by atoms with van der Waals surface area (Å²) in [6.45, 7) is 1.04. The first-order valence-electron chi connectivity index (χ1n) is 6.63. The lowest BCUT2D eigenvalue weighted by atomic mass is 9.83. The summed E-state index contributed by atoms with van der Waals surface area (Å²) in [5.41, 5.74) is 0. The predicted octanol–water partition coefficient (Wildman–Crippen LogP) is 2.41. The average Bonchev–Trinajstić information content (AvgIpc) is 2.79. The van der Waals surface area contributed by atoms with Crippen LogP contribution < -0.4 is 0 Å². The molecule has 0 aliphatic carbocycles. The summed E-state index contributed by atoms with van der Waals surface area (Å²) >= 11 is 0. The van der Waals surface area contributed by atoms with Gasteiger partial charge in [-0.2, -0.15) is 0 Å². The molecule has 2 saturated heterocycles. The molecular weight excluding hydrogens is 214 g/mol. The summed E-state index contributed by atoms with van der Waals surface area (Å²) in [5, 5.41) is 0. The Hall–Kier alpha value is -1.09. The topological polar surface area (TPSA) is 33.5 Å². The molecule has 0 aromatic carbocycles. The molecule has 92 valence electrons.